The van der Waals surface area contributed by atoms with E-state index in [-0.39, 0.29) is 25.0 Å². The van der Waals surface area contributed by atoms with Crippen LogP contribution in [0.2, 0.25) is 0 Å². The number of ether oxygens (including phenoxy) is 7. The van der Waals surface area contributed by atoms with Crippen LogP contribution in [0.5, 0.6) is 0 Å². The molecule has 13 heteroatoms. The third kappa shape index (κ3) is 7.93. The Morgan fingerprint density at radius 3 is 2.18 bits per heavy atom. The van der Waals surface area contributed by atoms with Gasteiger partial charge >= 0.3 is 5.97 Å². The second-order valence-electron chi connectivity index (χ2n) is 16.3. The summed E-state index contributed by atoms with van der Waals surface area (Å²) >= 11 is 0. The Bertz CT molecular complexity index is 1210. The Hall–Kier alpha value is -1.39. The monoisotopic (exact) mass is 715 g/mol. The van der Waals surface area contributed by atoms with E-state index in [4.69, 9.17) is 33.2 Å². The third-order valence-corrected chi connectivity index (χ3v) is 12.0. The van der Waals surface area contributed by atoms with E-state index in [1.807, 2.05) is 46.7 Å². The normalized spacial score (nSPS) is 49.5. The second kappa shape index (κ2) is 15.5. The quantitative estimate of drug-likeness (QED) is 0.285. The van der Waals surface area contributed by atoms with Crippen LogP contribution in [0.25, 0.3) is 0 Å². The SMILES string of the molecule is CCC1OC(=O)C(C)C(O[C@H]2C[C@@](C)(OC)[C@@H](O)[C@H](C)O2)C(C)[C@@H](O[C@@H]2O[C@H](C)C[C@H](N(C)C)[C@H]2O)[C@]2(C)CC(C)=C(O2)[C@@H](C)[C@@H](O)[C@]1(C)O. The molecule has 4 rings (SSSR count). The Labute approximate surface area is 298 Å². The van der Waals surface area contributed by atoms with E-state index >= 15 is 0 Å². The minimum absolute atomic E-state index is 0.173. The van der Waals surface area contributed by atoms with E-state index in [1.54, 1.807) is 34.6 Å². The molecule has 4 aliphatic rings. The van der Waals surface area contributed by atoms with Crippen LogP contribution in [0.4, 0.5) is 0 Å². The third-order valence-electron chi connectivity index (χ3n) is 12.0. The molecule has 4 heterocycles. The highest BCUT2D eigenvalue weighted by Gasteiger charge is 2.56. The van der Waals surface area contributed by atoms with Crippen molar-refractivity contribution in [1.29, 1.82) is 0 Å². The summed E-state index contributed by atoms with van der Waals surface area (Å²) in [4.78, 5) is 16.1. The number of esters is 1. The number of aliphatic hydroxyl groups excluding tert-OH is 3. The lowest BCUT2D eigenvalue weighted by atomic mass is 9.78. The number of likely N-dealkylation sites (N-methyl/N-ethyl adjacent to an activating group) is 1. The number of rotatable bonds is 7. The first-order valence-electron chi connectivity index (χ1n) is 18.3. The highest BCUT2D eigenvalue weighted by Crippen LogP contribution is 2.47. The molecule has 290 valence electrons. The van der Waals surface area contributed by atoms with Gasteiger partial charge in [-0.1, -0.05) is 20.8 Å². The van der Waals surface area contributed by atoms with E-state index < -0.39 is 95.8 Å². The van der Waals surface area contributed by atoms with Gasteiger partial charge in [-0.05, 0) is 81.0 Å². The molecular weight excluding hydrogens is 650 g/mol. The summed E-state index contributed by atoms with van der Waals surface area (Å²) in [6.07, 6.45) is -7.39. The van der Waals surface area contributed by atoms with E-state index in [0.29, 0.717) is 18.6 Å². The van der Waals surface area contributed by atoms with Gasteiger partial charge in [0.05, 0.1) is 35.9 Å². The van der Waals surface area contributed by atoms with Crippen LogP contribution >= 0.6 is 0 Å². The predicted molar refractivity (Wildman–Crippen MR) is 184 cm³/mol. The lowest BCUT2D eigenvalue weighted by Gasteiger charge is -2.48. The van der Waals surface area contributed by atoms with Crippen molar-refractivity contribution in [3.63, 3.8) is 0 Å². The van der Waals surface area contributed by atoms with Crippen molar-refractivity contribution in [2.45, 2.75) is 179 Å². The van der Waals surface area contributed by atoms with Crippen molar-refractivity contribution >= 4 is 5.97 Å². The van der Waals surface area contributed by atoms with Gasteiger partial charge < -0.3 is 58.5 Å². The first kappa shape index (κ1) is 41.4. The number of methoxy groups -OCH3 is 1. The summed E-state index contributed by atoms with van der Waals surface area (Å²) in [6, 6.07) is -0.235. The zero-order valence-electron chi connectivity index (χ0n) is 32.4. The van der Waals surface area contributed by atoms with Gasteiger partial charge in [-0.25, -0.2) is 0 Å². The van der Waals surface area contributed by atoms with Crippen molar-refractivity contribution in [1.82, 2.24) is 4.90 Å². The smallest absolute Gasteiger partial charge is 0.311 e. The molecule has 0 spiro atoms. The zero-order chi connectivity index (χ0) is 37.7. The number of carbonyl (C=O) groups excluding carboxylic acids is 1. The van der Waals surface area contributed by atoms with Crippen LogP contribution in [-0.4, -0.2) is 137 Å². The largest absolute Gasteiger partial charge is 0.489 e. The minimum Gasteiger partial charge on any atom is -0.489 e. The molecule has 0 saturated carbocycles. The van der Waals surface area contributed by atoms with E-state index in [9.17, 15) is 25.2 Å². The molecule has 2 bridgehead atoms. The molecule has 0 aliphatic carbocycles. The van der Waals surface area contributed by atoms with Crippen LogP contribution in [-0.2, 0) is 38.0 Å². The molecule has 50 heavy (non-hydrogen) atoms. The van der Waals surface area contributed by atoms with Gasteiger partial charge in [0.2, 0.25) is 0 Å². The average molecular weight is 716 g/mol. The fraction of sp³-hybridized carbons (Fsp3) is 0.919. The summed E-state index contributed by atoms with van der Waals surface area (Å²) in [6.45, 7) is 18.0. The summed E-state index contributed by atoms with van der Waals surface area (Å²) in [5.74, 6) is -2.31. The number of carbonyl (C=O) groups is 1. The number of nitrogens with zero attached hydrogens (tertiary/aromatic N) is 1. The fourth-order valence-electron chi connectivity index (χ4n) is 8.73. The number of hydrogen-bond acceptors (Lipinski definition) is 13. The topological polar surface area (TPSA) is 166 Å². The number of hydrogen-bond donors (Lipinski definition) is 4. The van der Waals surface area contributed by atoms with Crippen molar-refractivity contribution in [2.75, 3.05) is 21.2 Å². The number of cyclic esters (lactones) is 1. The maximum Gasteiger partial charge on any atom is 0.311 e. The van der Waals surface area contributed by atoms with E-state index in [2.05, 4.69) is 0 Å². The maximum atomic E-state index is 14.1. The molecule has 3 saturated heterocycles. The molecule has 4 N–H and O–H groups in total. The van der Waals surface area contributed by atoms with Crippen molar-refractivity contribution < 1.29 is 58.4 Å². The van der Waals surface area contributed by atoms with Crippen molar-refractivity contribution in [2.24, 2.45) is 17.8 Å². The summed E-state index contributed by atoms with van der Waals surface area (Å²) in [5.41, 5.74) is -3.00. The molecule has 4 aliphatic heterocycles. The molecule has 4 unspecified atom stereocenters. The molecule has 17 atom stereocenters. The van der Waals surface area contributed by atoms with Gasteiger partial charge in [0.1, 0.15) is 41.4 Å². The van der Waals surface area contributed by atoms with Gasteiger partial charge in [-0.2, -0.15) is 0 Å². The Balaban J connectivity index is 1.84. The molecule has 0 aromatic rings. The molecule has 0 radical (unpaired) electrons. The Morgan fingerprint density at radius 1 is 0.960 bits per heavy atom. The maximum absolute atomic E-state index is 14.1. The molecule has 0 aromatic carbocycles. The molecule has 0 aromatic heterocycles. The van der Waals surface area contributed by atoms with Crippen LogP contribution in [0.15, 0.2) is 11.3 Å². The minimum atomic E-state index is -1.82. The fourth-order valence-corrected chi connectivity index (χ4v) is 8.73. The van der Waals surface area contributed by atoms with Gasteiger partial charge in [-0.15, -0.1) is 0 Å². The second-order valence-corrected chi connectivity index (χ2v) is 16.3. The van der Waals surface area contributed by atoms with Crippen LogP contribution in [0.3, 0.4) is 0 Å². The molecule has 0 amide bonds. The number of aliphatic hydroxyl groups is 4. The summed E-state index contributed by atoms with van der Waals surface area (Å²) in [7, 11) is 5.34. The van der Waals surface area contributed by atoms with Gasteiger partial charge in [0.15, 0.2) is 12.6 Å². The first-order chi connectivity index (χ1) is 23.1. The summed E-state index contributed by atoms with van der Waals surface area (Å²) < 4.78 is 44.6. The predicted octanol–water partition coefficient (Wildman–Crippen LogP) is 2.89. The van der Waals surface area contributed by atoms with Crippen LogP contribution < -0.4 is 0 Å². The summed E-state index contributed by atoms with van der Waals surface area (Å²) in [5, 5.41) is 45.9. The average Bonchev–Trinajstić information content (AvgIpc) is 3.37. The van der Waals surface area contributed by atoms with Crippen LogP contribution in [0, 0.1) is 17.8 Å². The van der Waals surface area contributed by atoms with E-state index in [0.717, 1.165) is 5.57 Å². The first-order valence-corrected chi connectivity index (χ1v) is 18.3. The van der Waals surface area contributed by atoms with Gasteiger partial charge in [0.25, 0.3) is 0 Å². The van der Waals surface area contributed by atoms with Gasteiger partial charge in [-0.3, -0.25) is 4.79 Å². The highest BCUT2D eigenvalue weighted by atomic mass is 16.7. The van der Waals surface area contributed by atoms with Crippen molar-refractivity contribution in [3.05, 3.63) is 11.3 Å². The van der Waals surface area contributed by atoms with Gasteiger partial charge in [0, 0.05) is 37.8 Å². The number of fused-ring (bicyclic) bond motifs is 2. The lowest BCUT2D eigenvalue weighted by molar-refractivity contribution is -0.316. The van der Waals surface area contributed by atoms with E-state index in [1.165, 1.54) is 14.0 Å². The van der Waals surface area contributed by atoms with Crippen LogP contribution in [0.1, 0.15) is 94.9 Å². The molecule has 13 nitrogen and oxygen atoms in total. The molecule has 3 fully saturated rings. The Kier molecular flexibility index (Phi) is 12.8. The Morgan fingerprint density at radius 2 is 1.60 bits per heavy atom. The zero-order valence-corrected chi connectivity index (χ0v) is 32.4. The van der Waals surface area contributed by atoms with Crippen molar-refractivity contribution in [3.8, 4) is 0 Å². The standard InChI is InChI=1S/C37H65NO12/c1-14-25-37(10,43)30(40)20(4)28-18(2)16-36(9,50-28)32(49-34-27(39)24(38(11)12)15-19(3)45-34)21(5)29(22(6)33(42)47-25)48-26-17-35(8,44-13)31(41)23(7)46-26/h19-27,29-32,34,39-41,43H,14-17H2,1-13H3/t19-,20-,21?,22?,23+,24+,25?,26+,27-,29?,30-,31+,32-,34+,35-,36+,37-/m1/s1. The highest BCUT2D eigenvalue weighted by molar-refractivity contribution is 5.73. The lowest BCUT2D eigenvalue weighted by Crippen LogP contribution is -2.60. The molecular formula is C37H65NO12.